The Morgan fingerprint density at radius 1 is 0.879 bits per heavy atom. The first-order chi connectivity index (χ1) is 16.1. The maximum atomic E-state index is 13.6. The number of para-hydroxylation sites is 2. The van der Waals surface area contributed by atoms with Crippen molar-refractivity contribution in [2.24, 2.45) is 0 Å². The number of aromatic hydroxyl groups is 1. The molecule has 2 aliphatic rings. The second kappa shape index (κ2) is 8.54. The van der Waals surface area contributed by atoms with E-state index in [0.717, 1.165) is 33.9 Å². The number of Topliss-reactive ketones (excluding diaryl/α,β-unsaturated/α-hetero) is 1. The van der Waals surface area contributed by atoms with Crippen LogP contribution in [0.5, 0.6) is 17.2 Å². The number of carbonyl (C=O) groups is 1. The number of ether oxygens (including phenoxy) is 2. The van der Waals surface area contributed by atoms with E-state index in [1.807, 2.05) is 54.6 Å². The number of methoxy groups -OCH3 is 2. The molecule has 0 bridgehead atoms. The number of benzene rings is 3. The van der Waals surface area contributed by atoms with Crippen LogP contribution in [0.3, 0.4) is 0 Å². The van der Waals surface area contributed by atoms with Gasteiger partial charge in [-0.25, -0.2) is 0 Å². The molecule has 0 radical (unpaired) electrons. The van der Waals surface area contributed by atoms with Crippen LogP contribution in [0.2, 0.25) is 0 Å². The molecule has 5 rings (SSSR count). The van der Waals surface area contributed by atoms with Crippen LogP contribution in [-0.2, 0) is 4.79 Å². The fourth-order valence-corrected chi connectivity index (χ4v) is 4.74. The highest BCUT2D eigenvalue weighted by Crippen LogP contribution is 2.45. The molecular weight excluding hydrogens is 416 g/mol. The van der Waals surface area contributed by atoms with Crippen molar-refractivity contribution in [3.63, 3.8) is 0 Å². The number of rotatable bonds is 4. The van der Waals surface area contributed by atoms with Crippen LogP contribution in [0.15, 0.2) is 78.0 Å². The summed E-state index contributed by atoms with van der Waals surface area (Å²) in [5, 5.41) is 17.5. The summed E-state index contributed by atoms with van der Waals surface area (Å²) in [7, 11) is 3.16. The Hall–Kier alpha value is -3.93. The van der Waals surface area contributed by atoms with Crippen LogP contribution >= 0.6 is 0 Å². The van der Waals surface area contributed by atoms with E-state index in [9.17, 15) is 9.90 Å². The lowest BCUT2D eigenvalue weighted by molar-refractivity contribution is -0.116. The summed E-state index contributed by atoms with van der Waals surface area (Å²) in [5.74, 6) is 1.40. The Morgan fingerprint density at radius 3 is 2.30 bits per heavy atom. The van der Waals surface area contributed by atoms with Gasteiger partial charge in [0.05, 0.1) is 31.6 Å². The van der Waals surface area contributed by atoms with Crippen molar-refractivity contribution < 1.29 is 19.4 Å². The topological polar surface area (TPSA) is 79.8 Å². The quantitative estimate of drug-likeness (QED) is 0.503. The standard InChI is InChI=1S/C27H26N2O4/c1-32-19-10-7-16(8-11-19)18-13-22-26(24(31)15-18)27(17-9-12-25(33-2)23(30)14-17)29-21-6-4-3-5-20(21)28-22/h3-12,14,18,27-30H,13,15H2,1-2H3/t18-,27+/m0/s1. The van der Waals surface area contributed by atoms with Crippen molar-refractivity contribution in [2.45, 2.75) is 24.8 Å². The first-order valence-electron chi connectivity index (χ1n) is 11.0. The largest absolute Gasteiger partial charge is 0.504 e. The molecule has 3 N–H and O–H groups in total. The molecule has 3 aromatic rings. The third-order valence-corrected chi connectivity index (χ3v) is 6.43. The first-order valence-corrected chi connectivity index (χ1v) is 11.0. The number of fused-ring (bicyclic) bond motifs is 1. The van der Waals surface area contributed by atoms with Crippen molar-refractivity contribution in [1.82, 2.24) is 0 Å². The van der Waals surface area contributed by atoms with Crippen molar-refractivity contribution in [3.05, 3.63) is 89.1 Å². The number of ketones is 1. The van der Waals surface area contributed by atoms with Gasteiger partial charge in [-0.3, -0.25) is 4.79 Å². The molecule has 33 heavy (non-hydrogen) atoms. The lowest BCUT2D eigenvalue weighted by Crippen LogP contribution is -2.26. The summed E-state index contributed by atoms with van der Waals surface area (Å²) in [6.45, 7) is 0. The number of phenolic OH excluding ortho intramolecular Hbond substituents is 1. The minimum Gasteiger partial charge on any atom is -0.504 e. The van der Waals surface area contributed by atoms with Crippen molar-refractivity contribution in [3.8, 4) is 17.2 Å². The predicted octanol–water partition coefficient (Wildman–Crippen LogP) is 5.39. The number of hydrogen-bond donors (Lipinski definition) is 3. The normalized spacial score (nSPS) is 19.5. The zero-order valence-corrected chi connectivity index (χ0v) is 18.6. The highest BCUT2D eigenvalue weighted by molar-refractivity contribution is 6.01. The van der Waals surface area contributed by atoms with Crippen molar-refractivity contribution in [2.75, 3.05) is 24.9 Å². The highest BCUT2D eigenvalue weighted by atomic mass is 16.5. The SMILES string of the molecule is COc1ccc([C@@H]2CC(=O)C3=C(C2)Nc2ccccc2N[C@@H]3c2ccc(OC)c(O)c2)cc1. The van der Waals surface area contributed by atoms with Crippen LogP contribution in [0.25, 0.3) is 0 Å². The molecule has 0 fully saturated rings. The molecule has 0 amide bonds. The van der Waals surface area contributed by atoms with Gasteiger partial charge in [-0.05, 0) is 59.9 Å². The zero-order valence-electron chi connectivity index (χ0n) is 18.6. The van der Waals surface area contributed by atoms with E-state index >= 15 is 0 Å². The van der Waals surface area contributed by atoms with Gasteiger partial charge in [0, 0.05) is 17.7 Å². The molecule has 3 aromatic carbocycles. The minimum atomic E-state index is -0.391. The summed E-state index contributed by atoms with van der Waals surface area (Å²) in [6.07, 6.45) is 1.13. The van der Waals surface area contributed by atoms with E-state index in [2.05, 4.69) is 10.6 Å². The number of carbonyl (C=O) groups excluding carboxylic acids is 1. The van der Waals surface area contributed by atoms with E-state index in [4.69, 9.17) is 9.47 Å². The third-order valence-electron chi connectivity index (χ3n) is 6.43. The Labute approximate surface area is 192 Å². The number of phenols is 1. The molecule has 6 nitrogen and oxygen atoms in total. The lowest BCUT2D eigenvalue weighted by Gasteiger charge is -2.30. The molecule has 2 atom stereocenters. The Balaban J connectivity index is 1.58. The summed E-state index contributed by atoms with van der Waals surface area (Å²) in [4.78, 5) is 13.6. The van der Waals surface area contributed by atoms with Crippen molar-refractivity contribution in [1.29, 1.82) is 0 Å². The number of allylic oxidation sites excluding steroid dienone is 1. The van der Waals surface area contributed by atoms with Gasteiger partial charge in [0.2, 0.25) is 0 Å². The van der Waals surface area contributed by atoms with E-state index in [-0.39, 0.29) is 17.5 Å². The molecule has 0 spiro atoms. The van der Waals surface area contributed by atoms with Gasteiger partial charge in [-0.15, -0.1) is 0 Å². The molecule has 0 aromatic heterocycles. The van der Waals surface area contributed by atoms with E-state index in [0.29, 0.717) is 24.2 Å². The molecular formula is C27H26N2O4. The van der Waals surface area contributed by atoms with Gasteiger partial charge >= 0.3 is 0 Å². The molecule has 0 saturated heterocycles. The Bertz CT molecular complexity index is 1230. The van der Waals surface area contributed by atoms with Crippen LogP contribution < -0.4 is 20.1 Å². The van der Waals surface area contributed by atoms with Crippen LogP contribution in [0, 0.1) is 0 Å². The average Bonchev–Trinajstić information content (AvgIpc) is 3.01. The summed E-state index contributed by atoms with van der Waals surface area (Å²) < 4.78 is 10.5. The Kier molecular flexibility index (Phi) is 5.42. The monoisotopic (exact) mass is 442 g/mol. The van der Waals surface area contributed by atoms with Gasteiger partial charge in [-0.1, -0.05) is 30.3 Å². The van der Waals surface area contributed by atoms with E-state index in [1.165, 1.54) is 7.11 Å². The highest BCUT2D eigenvalue weighted by Gasteiger charge is 2.36. The van der Waals surface area contributed by atoms with Gasteiger partial charge in [0.1, 0.15) is 5.75 Å². The van der Waals surface area contributed by atoms with E-state index < -0.39 is 6.04 Å². The lowest BCUT2D eigenvalue weighted by atomic mass is 9.78. The zero-order chi connectivity index (χ0) is 22.9. The van der Waals surface area contributed by atoms with Crippen molar-refractivity contribution >= 4 is 17.2 Å². The number of nitrogens with one attached hydrogen (secondary N) is 2. The second-order valence-electron chi connectivity index (χ2n) is 8.37. The average molecular weight is 443 g/mol. The number of anilines is 2. The molecule has 0 unspecified atom stereocenters. The van der Waals surface area contributed by atoms with Gasteiger partial charge < -0.3 is 25.2 Å². The predicted molar refractivity (Wildman–Crippen MR) is 128 cm³/mol. The molecule has 1 aliphatic carbocycles. The van der Waals surface area contributed by atoms with Crippen LogP contribution in [0.1, 0.15) is 35.9 Å². The van der Waals surface area contributed by atoms with Crippen LogP contribution in [-0.4, -0.2) is 25.1 Å². The van der Waals surface area contributed by atoms with Gasteiger partial charge in [0.15, 0.2) is 17.3 Å². The Morgan fingerprint density at radius 2 is 1.61 bits per heavy atom. The minimum absolute atomic E-state index is 0.0452. The molecule has 1 heterocycles. The molecule has 0 saturated carbocycles. The maximum absolute atomic E-state index is 13.6. The van der Waals surface area contributed by atoms with Gasteiger partial charge in [0.25, 0.3) is 0 Å². The van der Waals surface area contributed by atoms with Crippen LogP contribution in [0.4, 0.5) is 11.4 Å². The molecule has 6 heteroatoms. The molecule has 1 aliphatic heterocycles. The smallest absolute Gasteiger partial charge is 0.163 e. The number of hydrogen-bond acceptors (Lipinski definition) is 6. The first kappa shape index (κ1) is 20.9. The maximum Gasteiger partial charge on any atom is 0.163 e. The fourth-order valence-electron chi connectivity index (χ4n) is 4.74. The third kappa shape index (κ3) is 3.89. The van der Waals surface area contributed by atoms with E-state index in [1.54, 1.807) is 19.2 Å². The summed E-state index contributed by atoms with van der Waals surface area (Å²) in [6, 6.07) is 20.7. The fraction of sp³-hybridized carbons (Fsp3) is 0.222. The summed E-state index contributed by atoms with van der Waals surface area (Å²) in [5.41, 5.74) is 5.36. The second-order valence-corrected chi connectivity index (χ2v) is 8.37. The summed E-state index contributed by atoms with van der Waals surface area (Å²) >= 11 is 0. The molecule has 168 valence electrons. The van der Waals surface area contributed by atoms with Gasteiger partial charge in [-0.2, -0.15) is 0 Å².